The van der Waals surface area contributed by atoms with Gasteiger partial charge in [-0.3, -0.25) is 4.98 Å². The van der Waals surface area contributed by atoms with Gasteiger partial charge in [-0.1, -0.05) is 12.8 Å². The first-order valence-corrected chi connectivity index (χ1v) is 8.44. The van der Waals surface area contributed by atoms with Crippen molar-refractivity contribution < 1.29 is 0 Å². The molecule has 1 aromatic heterocycles. The van der Waals surface area contributed by atoms with Gasteiger partial charge in [-0.2, -0.15) is 0 Å². The fraction of sp³-hybridized carbons (Fsp3) is 0.688. The molecule has 1 N–H and O–H groups in total. The Morgan fingerprint density at radius 1 is 1.11 bits per heavy atom. The first-order valence-electron chi connectivity index (χ1n) is 7.65. The van der Waals surface area contributed by atoms with Gasteiger partial charge >= 0.3 is 0 Å². The van der Waals surface area contributed by atoms with Gasteiger partial charge in [0.15, 0.2) is 0 Å². The summed E-state index contributed by atoms with van der Waals surface area (Å²) in [7, 11) is 0. The first kappa shape index (κ1) is 13.6. The Hall–Kier alpha value is -0.410. The second-order valence-electron chi connectivity index (χ2n) is 6.16. The Morgan fingerprint density at radius 2 is 1.89 bits per heavy atom. The van der Waals surface area contributed by atoms with Crippen molar-refractivity contribution in [2.24, 2.45) is 11.8 Å². The summed E-state index contributed by atoms with van der Waals surface area (Å²) < 4.78 is 1.08. The number of nitrogens with one attached hydrogen (secondary N) is 1. The van der Waals surface area contributed by atoms with Crippen LogP contribution < -0.4 is 5.32 Å². The third-order valence-electron chi connectivity index (χ3n) is 4.57. The summed E-state index contributed by atoms with van der Waals surface area (Å²) in [5, 5.41) is 3.72. The lowest BCUT2D eigenvalue weighted by molar-refractivity contribution is 0.226. The van der Waals surface area contributed by atoms with Gasteiger partial charge in [-0.05, 0) is 78.5 Å². The normalized spacial score (nSPS) is 27.4. The lowest BCUT2D eigenvalue weighted by atomic mass is 9.77. The van der Waals surface area contributed by atoms with Crippen molar-refractivity contribution in [3.8, 4) is 0 Å². The van der Waals surface area contributed by atoms with Crippen LogP contribution in [-0.2, 0) is 6.42 Å². The second kappa shape index (κ2) is 6.36. The molecule has 3 heteroatoms. The standard InChI is InChI=1S/C16H23BrN2/c17-14-5-6-16(19-11-14)9-12-3-1-2-4-13(12)10-18-15-7-8-15/h5-6,11-13,15,18H,1-4,7-10H2. The number of halogens is 1. The van der Waals surface area contributed by atoms with Gasteiger partial charge < -0.3 is 5.32 Å². The summed E-state index contributed by atoms with van der Waals surface area (Å²) in [6.45, 7) is 1.23. The molecule has 1 heterocycles. The highest BCUT2D eigenvalue weighted by Crippen LogP contribution is 2.32. The predicted octanol–water partition coefficient (Wildman–Crippen LogP) is 3.95. The summed E-state index contributed by atoms with van der Waals surface area (Å²) in [6, 6.07) is 5.13. The van der Waals surface area contributed by atoms with Gasteiger partial charge in [0, 0.05) is 22.4 Å². The van der Waals surface area contributed by atoms with Crippen LogP contribution in [0.2, 0.25) is 0 Å². The molecular weight excluding hydrogens is 300 g/mol. The Bertz CT molecular complexity index is 400. The minimum absolute atomic E-state index is 0.827. The lowest BCUT2D eigenvalue weighted by Crippen LogP contribution is -2.32. The molecule has 0 saturated heterocycles. The summed E-state index contributed by atoms with van der Waals surface area (Å²) in [6.07, 6.45) is 11.5. The molecule has 0 aliphatic heterocycles. The summed E-state index contributed by atoms with van der Waals surface area (Å²) in [4.78, 5) is 4.55. The molecule has 2 aliphatic carbocycles. The van der Waals surface area contributed by atoms with E-state index in [0.717, 1.165) is 28.8 Å². The number of rotatable bonds is 5. The van der Waals surface area contributed by atoms with Gasteiger partial charge in [0.1, 0.15) is 0 Å². The van der Waals surface area contributed by atoms with E-state index in [0.29, 0.717) is 0 Å². The van der Waals surface area contributed by atoms with Gasteiger partial charge in [-0.15, -0.1) is 0 Å². The van der Waals surface area contributed by atoms with Crippen molar-refractivity contribution in [1.82, 2.24) is 10.3 Å². The molecule has 0 aromatic carbocycles. The van der Waals surface area contributed by atoms with Crippen molar-refractivity contribution in [1.29, 1.82) is 0 Å². The van der Waals surface area contributed by atoms with E-state index in [4.69, 9.17) is 0 Å². The van der Waals surface area contributed by atoms with Crippen LogP contribution in [0.5, 0.6) is 0 Å². The van der Waals surface area contributed by atoms with Gasteiger partial charge in [0.05, 0.1) is 0 Å². The Kier molecular flexibility index (Phi) is 4.54. The molecule has 19 heavy (non-hydrogen) atoms. The minimum atomic E-state index is 0.827. The number of hydrogen-bond acceptors (Lipinski definition) is 2. The molecule has 2 unspecified atom stereocenters. The maximum atomic E-state index is 4.55. The summed E-state index contributed by atoms with van der Waals surface area (Å²) in [5.41, 5.74) is 1.26. The highest BCUT2D eigenvalue weighted by molar-refractivity contribution is 9.10. The lowest BCUT2D eigenvalue weighted by Gasteiger charge is -2.31. The average Bonchev–Trinajstić information content (AvgIpc) is 3.25. The van der Waals surface area contributed by atoms with Crippen LogP contribution in [0, 0.1) is 11.8 Å². The second-order valence-corrected chi connectivity index (χ2v) is 7.07. The quantitative estimate of drug-likeness (QED) is 0.888. The molecule has 2 atom stereocenters. The zero-order chi connectivity index (χ0) is 13.1. The SMILES string of the molecule is Brc1ccc(CC2CCCCC2CNC2CC2)nc1. The van der Waals surface area contributed by atoms with Crippen molar-refractivity contribution >= 4 is 15.9 Å². The molecule has 2 nitrogen and oxygen atoms in total. The Labute approximate surface area is 124 Å². The fourth-order valence-electron chi connectivity index (χ4n) is 3.22. The van der Waals surface area contributed by atoms with E-state index in [1.165, 1.54) is 50.8 Å². The van der Waals surface area contributed by atoms with Gasteiger partial charge in [0.2, 0.25) is 0 Å². The van der Waals surface area contributed by atoms with E-state index in [9.17, 15) is 0 Å². The van der Waals surface area contributed by atoms with Crippen LogP contribution >= 0.6 is 15.9 Å². The molecule has 1 aromatic rings. The zero-order valence-electron chi connectivity index (χ0n) is 11.4. The van der Waals surface area contributed by atoms with Crippen LogP contribution in [0.25, 0.3) is 0 Å². The van der Waals surface area contributed by atoms with Gasteiger partial charge in [0.25, 0.3) is 0 Å². The Balaban J connectivity index is 1.57. The molecule has 0 amide bonds. The maximum absolute atomic E-state index is 4.55. The predicted molar refractivity (Wildman–Crippen MR) is 82.1 cm³/mol. The van der Waals surface area contributed by atoms with Crippen LogP contribution in [0.4, 0.5) is 0 Å². The molecule has 2 saturated carbocycles. The van der Waals surface area contributed by atoms with Crippen LogP contribution in [0.15, 0.2) is 22.8 Å². The highest BCUT2D eigenvalue weighted by atomic mass is 79.9. The molecule has 0 radical (unpaired) electrons. The van der Waals surface area contributed by atoms with E-state index in [-0.39, 0.29) is 0 Å². The topological polar surface area (TPSA) is 24.9 Å². The smallest absolute Gasteiger partial charge is 0.0413 e. The monoisotopic (exact) mass is 322 g/mol. The molecular formula is C16H23BrN2. The largest absolute Gasteiger partial charge is 0.314 e. The van der Waals surface area contributed by atoms with Gasteiger partial charge in [-0.25, -0.2) is 0 Å². The first-order chi connectivity index (χ1) is 9.31. The van der Waals surface area contributed by atoms with Crippen LogP contribution in [-0.4, -0.2) is 17.6 Å². The van der Waals surface area contributed by atoms with E-state index in [1.54, 1.807) is 0 Å². The number of aromatic nitrogens is 1. The molecule has 0 spiro atoms. The molecule has 2 fully saturated rings. The van der Waals surface area contributed by atoms with E-state index in [1.807, 2.05) is 6.20 Å². The minimum Gasteiger partial charge on any atom is -0.314 e. The summed E-state index contributed by atoms with van der Waals surface area (Å²) in [5.74, 6) is 1.69. The van der Waals surface area contributed by atoms with E-state index < -0.39 is 0 Å². The van der Waals surface area contributed by atoms with Crippen LogP contribution in [0.3, 0.4) is 0 Å². The highest BCUT2D eigenvalue weighted by Gasteiger charge is 2.28. The van der Waals surface area contributed by atoms with E-state index in [2.05, 4.69) is 38.4 Å². The zero-order valence-corrected chi connectivity index (χ0v) is 13.0. The van der Waals surface area contributed by atoms with E-state index >= 15 is 0 Å². The Morgan fingerprint density at radius 3 is 2.58 bits per heavy atom. The van der Waals surface area contributed by atoms with Crippen molar-refractivity contribution in [2.45, 2.75) is 51.0 Å². The average molecular weight is 323 g/mol. The maximum Gasteiger partial charge on any atom is 0.0413 e. The number of hydrogen-bond donors (Lipinski definition) is 1. The van der Waals surface area contributed by atoms with Crippen molar-refractivity contribution in [2.75, 3.05) is 6.54 Å². The number of nitrogens with zero attached hydrogens (tertiary/aromatic N) is 1. The third-order valence-corrected chi connectivity index (χ3v) is 5.04. The molecule has 104 valence electrons. The molecule has 0 bridgehead atoms. The molecule has 2 aliphatic rings. The summed E-state index contributed by atoms with van der Waals surface area (Å²) >= 11 is 3.46. The van der Waals surface area contributed by atoms with Crippen molar-refractivity contribution in [3.05, 3.63) is 28.5 Å². The van der Waals surface area contributed by atoms with Crippen molar-refractivity contribution in [3.63, 3.8) is 0 Å². The fourth-order valence-corrected chi connectivity index (χ4v) is 3.46. The molecule has 3 rings (SSSR count). The number of pyridine rings is 1. The third kappa shape index (κ3) is 4.03. The van der Waals surface area contributed by atoms with Crippen LogP contribution in [0.1, 0.15) is 44.2 Å².